The number of carbonyl (C=O) groups is 2. The van der Waals surface area contributed by atoms with Gasteiger partial charge in [0.05, 0.1) is 34.4 Å². The molecule has 2 aromatic carbocycles. The van der Waals surface area contributed by atoms with Crippen LogP contribution in [0.4, 0.5) is 5.69 Å². The number of hydrogen-bond acceptors (Lipinski definition) is 6. The number of aryl methyl sites for hydroxylation is 2. The SMILES string of the molecule is Cc1cc(C)cc(C(=O)OCC(=O)Nc2cc(S(=O)(=O)N3CCOCC3)ccc2Cl)c1. The van der Waals surface area contributed by atoms with Crippen LogP contribution in [0.3, 0.4) is 0 Å². The maximum atomic E-state index is 12.8. The van der Waals surface area contributed by atoms with Gasteiger partial charge < -0.3 is 14.8 Å². The van der Waals surface area contributed by atoms with E-state index >= 15 is 0 Å². The minimum Gasteiger partial charge on any atom is -0.452 e. The number of nitrogens with zero attached hydrogens (tertiary/aromatic N) is 1. The second-order valence-electron chi connectivity index (χ2n) is 7.16. The van der Waals surface area contributed by atoms with Gasteiger partial charge >= 0.3 is 5.97 Å². The van der Waals surface area contributed by atoms with Crippen LogP contribution in [0.1, 0.15) is 21.5 Å². The van der Waals surface area contributed by atoms with Gasteiger partial charge in [-0.15, -0.1) is 0 Å². The Labute approximate surface area is 186 Å². The number of rotatable bonds is 6. The van der Waals surface area contributed by atoms with Gasteiger partial charge in [0.1, 0.15) is 0 Å². The van der Waals surface area contributed by atoms with Crippen LogP contribution in [0.2, 0.25) is 5.02 Å². The summed E-state index contributed by atoms with van der Waals surface area (Å²) >= 11 is 6.12. The normalized spacial score (nSPS) is 14.8. The number of nitrogens with one attached hydrogen (secondary N) is 1. The summed E-state index contributed by atoms with van der Waals surface area (Å²) in [6.45, 7) is 4.32. The van der Waals surface area contributed by atoms with Crippen molar-refractivity contribution in [2.45, 2.75) is 18.7 Å². The summed E-state index contributed by atoms with van der Waals surface area (Å²) in [6, 6.07) is 9.32. The number of esters is 1. The van der Waals surface area contributed by atoms with E-state index in [1.54, 1.807) is 12.1 Å². The number of ether oxygens (including phenoxy) is 2. The fraction of sp³-hybridized carbons (Fsp3) is 0.333. The van der Waals surface area contributed by atoms with Gasteiger partial charge in [0.2, 0.25) is 10.0 Å². The van der Waals surface area contributed by atoms with Crippen molar-refractivity contribution in [3.63, 3.8) is 0 Å². The predicted octanol–water partition coefficient (Wildman–Crippen LogP) is 2.77. The van der Waals surface area contributed by atoms with E-state index in [0.29, 0.717) is 18.8 Å². The van der Waals surface area contributed by atoms with Crippen LogP contribution < -0.4 is 5.32 Å². The van der Waals surface area contributed by atoms with Crippen molar-refractivity contribution in [2.75, 3.05) is 38.2 Å². The summed E-state index contributed by atoms with van der Waals surface area (Å²) in [5, 5.41) is 2.66. The van der Waals surface area contributed by atoms with Crippen molar-refractivity contribution in [1.82, 2.24) is 4.31 Å². The summed E-state index contributed by atoms with van der Waals surface area (Å²) in [5.74, 6) is -1.27. The van der Waals surface area contributed by atoms with Gasteiger partial charge in [0, 0.05) is 13.1 Å². The van der Waals surface area contributed by atoms with Crippen LogP contribution in [0.5, 0.6) is 0 Å². The van der Waals surface area contributed by atoms with Crippen LogP contribution in [-0.2, 0) is 24.3 Å². The predicted molar refractivity (Wildman–Crippen MR) is 116 cm³/mol. The molecule has 166 valence electrons. The topological polar surface area (TPSA) is 102 Å². The number of morpholine rings is 1. The minimum atomic E-state index is -3.75. The third-order valence-electron chi connectivity index (χ3n) is 4.61. The summed E-state index contributed by atoms with van der Waals surface area (Å²) in [7, 11) is -3.75. The Kier molecular flexibility index (Phi) is 7.32. The number of carbonyl (C=O) groups excluding carboxylic acids is 2. The Morgan fingerprint density at radius 2 is 1.74 bits per heavy atom. The standard InChI is InChI=1S/C21H23ClN2O6S/c1-14-9-15(2)11-16(10-14)21(26)30-13-20(25)23-19-12-17(3-4-18(19)22)31(27,28)24-5-7-29-8-6-24/h3-4,9-12H,5-8,13H2,1-2H3,(H,23,25). The monoisotopic (exact) mass is 466 g/mol. The van der Waals surface area contributed by atoms with Gasteiger partial charge in [-0.1, -0.05) is 28.8 Å². The van der Waals surface area contributed by atoms with Crippen LogP contribution in [-0.4, -0.2) is 57.5 Å². The lowest BCUT2D eigenvalue weighted by Gasteiger charge is -2.26. The molecule has 0 bridgehead atoms. The highest BCUT2D eigenvalue weighted by molar-refractivity contribution is 7.89. The Balaban J connectivity index is 1.67. The molecular formula is C21H23ClN2O6S. The number of anilines is 1. The third kappa shape index (κ3) is 5.82. The lowest BCUT2D eigenvalue weighted by molar-refractivity contribution is -0.119. The Morgan fingerprint density at radius 3 is 2.39 bits per heavy atom. The van der Waals surface area contributed by atoms with E-state index in [1.807, 2.05) is 19.9 Å². The molecule has 1 heterocycles. The first-order chi connectivity index (χ1) is 14.7. The molecule has 1 aliphatic rings. The zero-order valence-electron chi connectivity index (χ0n) is 17.2. The second kappa shape index (κ2) is 9.78. The Bertz CT molecular complexity index is 1080. The zero-order valence-corrected chi connectivity index (χ0v) is 18.8. The molecule has 0 radical (unpaired) electrons. The number of hydrogen-bond donors (Lipinski definition) is 1. The Hall–Kier alpha value is -2.46. The molecular weight excluding hydrogens is 444 g/mol. The molecule has 2 aromatic rings. The first kappa shape index (κ1) is 23.2. The van der Waals surface area contributed by atoms with E-state index in [2.05, 4.69) is 5.32 Å². The highest BCUT2D eigenvalue weighted by Gasteiger charge is 2.27. The average Bonchev–Trinajstić information content (AvgIpc) is 2.73. The summed E-state index contributed by atoms with van der Waals surface area (Å²) in [5.41, 5.74) is 2.27. The van der Waals surface area contributed by atoms with E-state index in [-0.39, 0.29) is 28.7 Å². The van der Waals surface area contributed by atoms with Gasteiger partial charge in [0.15, 0.2) is 6.61 Å². The molecule has 0 saturated carbocycles. The molecule has 1 fully saturated rings. The molecule has 0 spiro atoms. The molecule has 1 amide bonds. The van der Waals surface area contributed by atoms with Crippen LogP contribution in [0.25, 0.3) is 0 Å². The van der Waals surface area contributed by atoms with Crippen molar-refractivity contribution in [3.8, 4) is 0 Å². The van der Waals surface area contributed by atoms with Crippen molar-refractivity contribution < 1.29 is 27.5 Å². The van der Waals surface area contributed by atoms with E-state index in [1.165, 1.54) is 22.5 Å². The first-order valence-electron chi connectivity index (χ1n) is 9.59. The van der Waals surface area contributed by atoms with E-state index in [4.69, 9.17) is 21.1 Å². The number of sulfonamides is 1. The lowest BCUT2D eigenvalue weighted by atomic mass is 10.1. The highest BCUT2D eigenvalue weighted by atomic mass is 35.5. The van der Waals surface area contributed by atoms with Gasteiger partial charge in [-0.2, -0.15) is 4.31 Å². The number of amides is 1. The quantitative estimate of drug-likeness (QED) is 0.657. The van der Waals surface area contributed by atoms with Crippen LogP contribution in [0.15, 0.2) is 41.3 Å². The first-order valence-corrected chi connectivity index (χ1v) is 11.4. The molecule has 0 aliphatic carbocycles. The molecule has 10 heteroatoms. The lowest BCUT2D eigenvalue weighted by Crippen LogP contribution is -2.40. The molecule has 3 rings (SSSR count). The molecule has 0 atom stereocenters. The van der Waals surface area contributed by atoms with Gasteiger partial charge in [-0.3, -0.25) is 4.79 Å². The molecule has 8 nitrogen and oxygen atoms in total. The van der Waals surface area contributed by atoms with Crippen molar-refractivity contribution in [2.24, 2.45) is 0 Å². The van der Waals surface area contributed by atoms with Crippen LogP contribution in [0, 0.1) is 13.8 Å². The van der Waals surface area contributed by atoms with Crippen LogP contribution >= 0.6 is 11.6 Å². The van der Waals surface area contributed by atoms with Gasteiger partial charge in [-0.05, 0) is 44.2 Å². The summed E-state index contributed by atoms with van der Waals surface area (Å²) < 4.78 is 37.2. The summed E-state index contributed by atoms with van der Waals surface area (Å²) in [4.78, 5) is 24.5. The largest absolute Gasteiger partial charge is 0.452 e. The molecule has 1 aliphatic heterocycles. The fourth-order valence-electron chi connectivity index (χ4n) is 3.19. The van der Waals surface area contributed by atoms with Gasteiger partial charge in [-0.25, -0.2) is 13.2 Å². The highest BCUT2D eigenvalue weighted by Crippen LogP contribution is 2.27. The average molecular weight is 467 g/mol. The molecule has 0 aromatic heterocycles. The fourth-order valence-corrected chi connectivity index (χ4v) is 4.79. The van der Waals surface area contributed by atoms with Crippen molar-refractivity contribution >= 4 is 39.2 Å². The molecule has 1 saturated heterocycles. The molecule has 0 unspecified atom stereocenters. The Morgan fingerprint density at radius 1 is 1.10 bits per heavy atom. The van der Waals surface area contributed by atoms with Crippen molar-refractivity contribution in [1.29, 1.82) is 0 Å². The van der Waals surface area contributed by atoms with Crippen molar-refractivity contribution in [3.05, 3.63) is 58.1 Å². The van der Waals surface area contributed by atoms with Gasteiger partial charge in [0.25, 0.3) is 5.91 Å². The minimum absolute atomic E-state index is 0.00123. The van der Waals surface area contributed by atoms with E-state index < -0.39 is 28.5 Å². The maximum Gasteiger partial charge on any atom is 0.338 e. The van der Waals surface area contributed by atoms with E-state index in [9.17, 15) is 18.0 Å². The maximum absolute atomic E-state index is 12.8. The third-order valence-corrected chi connectivity index (χ3v) is 6.84. The second-order valence-corrected chi connectivity index (χ2v) is 9.50. The van der Waals surface area contributed by atoms with E-state index in [0.717, 1.165) is 11.1 Å². The summed E-state index contributed by atoms with van der Waals surface area (Å²) in [6.07, 6.45) is 0. The number of halogens is 1. The molecule has 31 heavy (non-hydrogen) atoms. The molecule has 1 N–H and O–H groups in total. The zero-order chi connectivity index (χ0) is 22.6. The number of benzene rings is 2. The smallest absolute Gasteiger partial charge is 0.338 e.